The Kier molecular flexibility index (Phi) is 3.69. The third-order valence-electron chi connectivity index (χ3n) is 1.94. The van der Waals surface area contributed by atoms with Gasteiger partial charge in [-0.05, 0) is 18.2 Å². The van der Waals surface area contributed by atoms with Crippen molar-refractivity contribution in [3.63, 3.8) is 0 Å². The van der Waals surface area contributed by atoms with Crippen LogP contribution in [0.4, 0.5) is 10.8 Å². The lowest BCUT2D eigenvalue weighted by Crippen LogP contribution is -1.88. The zero-order valence-corrected chi connectivity index (χ0v) is 9.45. The zero-order valence-electron chi connectivity index (χ0n) is 8.63. The van der Waals surface area contributed by atoms with Crippen molar-refractivity contribution < 1.29 is 5.11 Å². The van der Waals surface area contributed by atoms with Gasteiger partial charge in [0.2, 0.25) is 0 Å². The minimum atomic E-state index is 0.0406. The van der Waals surface area contributed by atoms with Crippen molar-refractivity contribution in [3.05, 3.63) is 47.5 Å². The van der Waals surface area contributed by atoms with E-state index >= 15 is 0 Å². The number of nitrogens with zero attached hydrogens (tertiary/aromatic N) is 1. The summed E-state index contributed by atoms with van der Waals surface area (Å²) in [6.45, 7) is 0.0406. The topological polar surface area (TPSA) is 45.1 Å². The van der Waals surface area contributed by atoms with Crippen LogP contribution in [-0.2, 0) is 0 Å². The van der Waals surface area contributed by atoms with Crippen molar-refractivity contribution in [1.82, 2.24) is 4.98 Å². The fourth-order valence-electron chi connectivity index (χ4n) is 1.24. The molecule has 0 unspecified atom stereocenters. The van der Waals surface area contributed by atoms with E-state index in [1.807, 2.05) is 35.7 Å². The maximum absolute atomic E-state index is 8.64. The van der Waals surface area contributed by atoms with E-state index in [9.17, 15) is 0 Å². The van der Waals surface area contributed by atoms with Gasteiger partial charge in [-0.15, -0.1) is 11.3 Å². The van der Waals surface area contributed by atoms with Crippen LogP contribution in [0.3, 0.4) is 0 Å². The summed E-state index contributed by atoms with van der Waals surface area (Å²) in [5, 5.41) is 14.6. The Morgan fingerprint density at radius 1 is 1.31 bits per heavy atom. The van der Waals surface area contributed by atoms with E-state index in [-0.39, 0.29) is 6.61 Å². The fraction of sp³-hybridized carbons (Fsp3) is 0.0833. The van der Waals surface area contributed by atoms with Gasteiger partial charge in [-0.1, -0.05) is 24.3 Å². The SMILES string of the molecule is OC/C=C/c1csc(Nc2ccccc2)n1. The minimum Gasteiger partial charge on any atom is -0.392 e. The Morgan fingerprint density at radius 3 is 2.88 bits per heavy atom. The Labute approximate surface area is 98.1 Å². The monoisotopic (exact) mass is 232 g/mol. The molecule has 0 saturated carbocycles. The third kappa shape index (κ3) is 2.92. The summed E-state index contributed by atoms with van der Waals surface area (Å²) in [5.74, 6) is 0. The molecule has 2 aromatic rings. The summed E-state index contributed by atoms with van der Waals surface area (Å²) in [6.07, 6.45) is 3.47. The van der Waals surface area contributed by atoms with Crippen molar-refractivity contribution >= 4 is 28.2 Å². The average Bonchev–Trinajstić information content (AvgIpc) is 2.75. The van der Waals surface area contributed by atoms with Gasteiger partial charge in [-0.25, -0.2) is 4.98 Å². The molecule has 3 nitrogen and oxygen atoms in total. The second-order valence-corrected chi connectivity index (χ2v) is 4.01. The fourth-order valence-corrected chi connectivity index (χ4v) is 1.94. The molecule has 0 aliphatic carbocycles. The van der Waals surface area contributed by atoms with Crippen LogP contribution >= 0.6 is 11.3 Å². The molecule has 0 aliphatic heterocycles. The maximum atomic E-state index is 8.64. The zero-order chi connectivity index (χ0) is 11.2. The number of hydrogen-bond acceptors (Lipinski definition) is 4. The molecule has 4 heteroatoms. The quantitative estimate of drug-likeness (QED) is 0.852. The number of anilines is 2. The summed E-state index contributed by atoms with van der Waals surface area (Å²) < 4.78 is 0. The van der Waals surface area contributed by atoms with Crippen LogP contribution < -0.4 is 5.32 Å². The second kappa shape index (κ2) is 5.44. The van der Waals surface area contributed by atoms with Gasteiger partial charge in [-0.2, -0.15) is 0 Å². The van der Waals surface area contributed by atoms with Crippen molar-refractivity contribution in [3.8, 4) is 0 Å². The summed E-state index contributed by atoms with van der Waals surface area (Å²) in [6, 6.07) is 9.91. The molecule has 2 N–H and O–H groups in total. The Bertz CT molecular complexity index is 465. The first-order valence-corrected chi connectivity index (χ1v) is 5.81. The lowest BCUT2D eigenvalue weighted by molar-refractivity contribution is 0.343. The van der Waals surface area contributed by atoms with Crippen molar-refractivity contribution in [2.24, 2.45) is 0 Å². The van der Waals surface area contributed by atoms with Crippen molar-refractivity contribution in [1.29, 1.82) is 0 Å². The van der Waals surface area contributed by atoms with Gasteiger partial charge in [0, 0.05) is 11.1 Å². The summed E-state index contributed by atoms with van der Waals surface area (Å²) >= 11 is 1.54. The first kappa shape index (κ1) is 10.9. The van der Waals surface area contributed by atoms with E-state index in [1.165, 1.54) is 11.3 Å². The highest BCUT2D eigenvalue weighted by molar-refractivity contribution is 7.13. The molecule has 16 heavy (non-hydrogen) atoms. The van der Waals surface area contributed by atoms with E-state index in [4.69, 9.17) is 5.11 Å². The molecule has 0 aliphatic rings. The van der Waals surface area contributed by atoms with Crippen LogP contribution in [0.1, 0.15) is 5.69 Å². The number of rotatable bonds is 4. The van der Waals surface area contributed by atoms with Gasteiger partial charge in [0.15, 0.2) is 5.13 Å². The van der Waals surface area contributed by atoms with Crippen LogP contribution in [0.15, 0.2) is 41.8 Å². The number of aromatic nitrogens is 1. The van der Waals surface area contributed by atoms with Gasteiger partial charge in [0.05, 0.1) is 12.3 Å². The number of nitrogens with one attached hydrogen (secondary N) is 1. The molecule has 0 radical (unpaired) electrons. The average molecular weight is 232 g/mol. The van der Waals surface area contributed by atoms with Gasteiger partial charge in [0.1, 0.15) is 0 Å². The molecule has 2 rings (SSSR count). The highest BCUT2D eigenvalue weighted by Crippen LogP contribution is 2.21. The van der Waals surface area contributed by atoms with E-state index in [1.54, 1.807) is 12.2 Å². The van der Waals surface area contributed by atoms with Crippen LogP contribution in [0.2, 0.25) is 0 Å². The number of aliphatic hydroxyl groups excluding tert-OH is 1. The predicted octanol–water partition coefficient (Wildman–Crippen LogP) is 2.89. The standard InChI is InChI=1S/C12H12N2OS/c15-8-4-7-11-9-16-12(14-11)13-10-5-2-1-3-6-10/h1-7,9,15H,8H2,(H,13,14)/b7-4+. The molecule has 0 bridgehead atoms. The molecule has 0 spiro atoms. The van der Waals surface area contributed by atoms with E-state index in [2.05, 4.69) is 10.3 Å². The van der Waals surface area contributed by atoms with Gasteiger partial charge in [-0.3, -0.25) is 0 Å². The largest absolute Gasteiger partial charge is 0.392 e. The van der Waals surface area contributed by atoms with Crippen LogP contribution in [-0.4, -0.2) is 16.7 Å². The number of aliphatic hydroxyl groups is 1. The molecule has 82 valence electrons. The van der Waals surface area contributed by atoms with E-state index in [0.717, 1.165) is 16.5 Å². The summed E-state index contributed by atoms with van der Waals surface area (Å²) in [5.41, 5.74) is 1.88. The Morgan fingerprint density at radius 2 is 2.12 bits per heavy atom. The minimum absolute atomic E-state index is 0.0406. The maximum Gasteiger partial charge on any atom is 0.187 e. The molecular weight excluding hydrogens is 220 g/mol. The van der Waals surface area contributed by atoms with Gasteiger partial charge >= 0.3 is 0 Å². The molecule has 1 heterocycles. The number of para-hydroxylation sites is 1. The van der Waals surface area contributed by atoms with Gasteiger partial charge in [0.25, 0.3) is 0 Å². The van der Waals surface area contributed by atoms with Crippen LogP contribution in [0, 0.1) is 0 Å². The van der Waals surface area contributed by atoms with Crippen LogP contribution in [0.5, 0.6) is 0 Å². The highest BCUT2D eigenvalue weighted by atomic mass is 32.1. The normalized spacial score (nSPS) is 10.8. The molecule has 0 atom stereocenters. The Balaban J connectivity index is 2.06. The second-order valence-electron chi connectivity index (χ2n) is 3.15. The first-order chi connectivity index (χ1) is 7.88. The molecule has 0 fully saturated rings. The predicted molar refractivity (Wildman–Crippen MR) is 68.0 cm³/mol. The van der Waals surface area contributed by atoms with Crippen molar-refractivity contribution in [2.45, 2.75) is 0 Å². The molecular formula is C12H12N2OS. The number of benzene rings is 1. The number of thiazole rings is 1. The van der Waals surface area contributed by atoms with Crippen LogP contribution in [0.25, 0.3) is 6.08 Å². The summed E-state index contributed by atoms with van der Waals surface area (Å²) in [4.78, 5) is 4.35. The van der Waals surface area contributed by atoms with Gasteiger partial charge < -0.3 is 10.4 Å². The molecule has 1 aromatic heterocycles. The molecule has 0 amide bonds. The Hall–Kier alpha value is -1.65. The lowest BCUT2D eigenvalue weighted by Gasteiger charge is -2.00. The summed E-state index contributed by atoms with van der Waals surface area (Å²) in [7, 11) is 0. The lowest BCUT2D eigenvalue weighted by atomic mass is 10.3. The number of hydrogen-bond donors (Lipinski definition) is 2. The van der Waals surface area contributed by atoms with E-state index < -0.39 is 0 Å². The molecule has 0 saturated heterocycles. The first-order valence-electron chi connectivity index (χ1n) is 4.93. The molecule has 1 aromatic carbocycles. The third-order valence-corrected chi connectivity index (χ3v) is 2.72. The highest BCUT2D eigenvalue weighted by Gasteiger charge is 1.98. The van der Waals surface area contributed by atoms with Crippen molar-refractivity contribution in [2.75, 3.05) is 11.9 Å². The smallest absolute Gasteiger partial charge is 0.187 e. The van der Waals surface area contributed by atoms with E-state index in [0.29, 0.717) is 0 Å².